The van der Waals surface area contributed by atoms with E-state index in [-0.39, 0.29) is 22.4 Å². The molecule has 1 atom stereocenters. The van der Waals surface area contributed by atoms with E-state index in [1.54, 1.807) is 0 Å². The summed E-state index contributed by atoms with van der Waals surface area (Å²) in [6.45, 7) is 7.91. The highest BCUT2D eigenvalue weighted by atomic mass is 32.2. The Morgan fingerprint density at radius 2 is 2.20 bits per heavy atom. The number of anilines is 1. The van der Waals surface area contributed by atoms with Crippen molar-refractivity contribution in [3.8, 4) is 0 Å². The Labute approximate surface area is 147 Å². The number of nitro groups is 1. The van der Waals surface area contributed by atoms with Crippen molar-refractivity contribution in [1.82, 2.24) is 4.90 Å². The van der Waals surface area contributed by atoms with Crippen LogP contribution >= 0.6 is 0 Å². The minimum Gasteiger partial charge on any atom is -0.377 e. The molecule has 1 aromatic rings. The average Bonchev–Trinajstić information content (AvgIpc) is 2.51. The number of sulfonamides is 1. The molecule has 2 rings (SSSR count). The smallest absolute Gasteiger partial charge is 0.293 e. The summed E-state index contributed by atoms with van der Waals surface area (Å²) in [7, 11) is -3.99. The SMILES string of the molecule is CC(C)CN1CCOC(CNc2ccc(S(N)(=O)=O)cc2[N+](=O)[O-])C1. The molecule has 1 unspecified atom stereocenters. The molecule has 140 valence electrons. The van der Waals surface area contributed by atoms with Crippen LogP contribution in [0.1, 0.15) is 13.8 Å². The Bertz CT molecular complexity index is 723. The van der Waals surface area contributed by atoms with Gasteiger partial charge in [0.1, 0.15) is 5.69 Å². The molecule has 1 aromatic carbocycles. The number of nitro benzene ring substituents is 1. The summed E-state index contributed by atoms with van der Waals surface area (Å²) in [6, 6.07) is 3.56. The van der Waals surface area contributed by atoms with Crippen LogP contribution in [0.5, 0.6) is 0 Å². The molecule has 1 saturated heterocycles. The number of hydrogen-bond donors (Lipinski definition) is 2. The van der Waals surface area contributed by atoms with Gasteiger partial charge in [-0.2, -0.15) is 0 Å². The Kier molecular flexibility index (Phi) is 6.33. The Balaban J connectivity index is 2.06. The van der Waals surface area contributed by atoms with Gasteiger partial charge in [0, 0.05) is 32.2 Å². The lowest BCUT2D eigenvalue weighted by Gasteiger charge is -2.34. The molecule has 1 heterocycles. The third-order valence-corrected chi connectivity index (χ3v) is 4.77. The summed E-state index contributed by atoms with van der Waals surface area (Å²) in [6.07, 6.45) is -0.0926. The second-order valence-corrected chi connectivity index (χ2v) is 8.07. The summed E-state index contributed by atoms with van der Waals surface area (Å²) in [5, 5.41) is 19.2. The van der Waals surface area contributed by atoms with E-state index in [1.165, 1.54) is 12.1 Å². The van der Waals surface area contributed by atoms with Gasteiger partial charge < -0.3 is 10.1 Å². The van der Waals surface area contributed by atoms with Gasteiger partial charge in [-0.25, -0.2) is 13.6 Å². The second kappa shape index (κ2) is 8.09. The van der Waals surface area contributed by atoms with E-state index in [4.69, 9.17) is 9.88 Å². The number of morpholine rings is 1. The minimum absolute atomic E-state index is 0.0926. The van der Waals surface area contributed by atoms with E-state index in [0.29, 0.717) is 19.1 Å². The number of benzene rings is 1. The number of rotatable bonds is 7. The number of primary sulfonamides is 1. The lowest BCUT2D eigenvalue weighted by atomic mass is 10.1. The molecule has 1 fully saturated rings. The Hall–Kier alpha value is -1.75. The van der Waals surface area contributed by atoms with Crippen LogP contribution in [0.25, 0.3) is 0 Å². The van der Waals surface area contributed by atoms with Crippen molar-refractivity contribution in [1.29, 1.82) is 0 Å². The number of hydrogen-bond acceptors (Lipinski definition) is 7. The zero-order valence-electron chi connectivity index (χ0n) is 14.3. The molecular weight excluding hydrogens is 348 g/mol. The van der Waals surface area contributed by atoms with E-state index in [1.807, 2.05) is 0 Å². The molecule has 1 aliphatic heterocycles. The van der Waals surface area contributed by atoms with Gasteiger partial charge in [-0.1, -0.05) is 13.8 Å². The van der Waals surface area contributed by atoms with E-state index >= 15 is 0 Å². The third-order valence-electron chi connectivity index (χ3n) is 3.86. The fourth-order valence-electron chi connectivity index (χ4n) is 2.80. The summed E-state index contributed by atoms with van der Waals surface area (Å²) in [4.78, 5) is 12.6. The van der Waals surface area contributed by atoms with Crippen molar-refractivity contribution in [3.05, 3.63) is 28.3 Å². The molecule has 0 bridgehead atoms. The molecule has 0 amide bonds. The number of nitrogens with two attached hydrogens (primary N) is 1. The van der Waals surface area contributed by atoms with Crippen molar-refractivity contribution in [2.45, 2.75) is 24.8 Å². The quantitative estimate of drug-likeness (QED) is 0.540. The van der Waals surface area contributed by atoms with Crippen molar-refractivity contribution < 1.29 is 18.1 Å². The van der Waals surface area contributed by atoms with Gasteiger partial charge in [0.05, 0.1) is 22.5 Å². The van der Waals surface area contributed by atoms with E-state index in [0.717, 1.165) is 25.7 Å². The van der Waals surface area contributed by atoms with Crippen LogP contribution in [0.3, 0.4) is 0 Å². The van der Waals surface area contributed by atoms with Crippen LogP contribution in [-0.4, -0.2) is 57.1 Å². The lowest BCUT2D eigenvalue weighted by Crippen LogP contribution is -2.46. The molecule has 0 aliphatic carbocycles. The molecular formula is C15H24N4O5S. The molecule has 3 N–H and O–H groups in total. The van der Waals surface area contributed by atoms with Gasteiger partial charge >= 0.3 is 0 Å². The topological polar surface area (TPSA) is 128 Å². The highest BCUT2D eigenvalue weighted by molar-refractivity contribution is 7.89. The first-order valence-electron chi connectivity index (χ1n) is 8.06. The van der Waals surface area contributed by atoms with Gasteiger partial charge in [0.15, 0.2) is 0 Å². The van der Waals surface area contributed by atoms with Crippen LogP contribution in [0, 0.1) is 16.0 Å². The lowest BCUT2D eigenvalue weighted by molar-refractivity contribution is -0.384. The largest absolute Gasteiger partial charge is 0.377 e. The predicted molar refractivity (Wildman–Crippen MR) is 94.0 cm³/mol. The summed E-state index contributed by atoms with van der Waals surface area (Å²) >= 11 is 0. The van der Waals surface area contributed by atoms with Gasteiger partial charge in [0.2, 0.25) is 10.0 Å². The standard InChI is InChI=1S/C15H24N4O5S/c1-11(2)9-18-5-6-24-12(10-18)8-17-14-4-3-13(25(16,22)23)7-15(14)19(20)21/h3-4,7,11-12,17H,5-6,8-10H2,1-2H3,(H2,16,22,23). The van der Waals surface area contributed by atoms with Crippen molar-refractivity contribution >= 4 is 21.4 Å². The maximum atomic E-state index is 11.4. The van der Waals surface area contributed by atoms with Gasteiger partial charge in [-0.05, 0) is 18.1 Å². The number of nitrogens with zero attached hydrogens (tertiary/aromatic N) is 2. The second-order valence-electron chi connectivity index (χ2n) is 6.51. The molecule has 9 nitrogen and oxygen atoms in total. The molecule has 0 radical (unpaired) electrons. The fourth-order valence-corrected chi connectivity index (χ4v) is 3.33. The Morgan fingerprint density at radius 1 is 1.48 bits per heavy atom. The minimum atomic E-state index is -3.99. The zero-order chi connectivity index (χ0) is 18.6. The van der Waals surface area contributed by atoms with Crippen LogP contribution in [-0.2, 0) is 14.8 Å². The van der Waals surface area contributed by atoms with Crippen molar-refractivity contribution in [2.75, 3.05) is 38.1 Å². The van der Waals surface area contributed by atoms with Gasteiger partial charge in [-0.15, -0.1) is 0 Å². The first kappa shape index (κ1) is 19.6. The average molecular weight is 372 g/mol. The van der Waals surface area contributed by atoms with Gasteiger partial charge in [-0.3, -0.25) is 15.0 Å². The zero-order valence-corrected chi connectivity index (χ0v) is 15.2. The van der Waals surface area contributed by atoms with E-state index < -0.39 is 14.9 Å². The Morgan fingerprint density at radius 3 is 2.80 bits per heavy atom. The van der Waals surface area contributed by atoms with Crippen LogP contribution in [0.15, 0.2) is 23.1 Å². The van der Waals surface area contributed by atoms with Crippen LogP contribution in [0.4, 0.5) is 11.4 Å². The number of ether oxygens (including phenoxy) is 1. The van der Waals surface area contributed by atoms with Crippen molar-refractivity contribution in [2.24, 2.45) is 11.1 Å². The van der Waals surface area contributed by atoms with Gasteiger partial charge in [0.25, 0.3) is 5.69 Å². The fraction of sp³-hybridized carbons (Fsp3) is 0.600. The monoisotopic (exact) mass is 372 g/mol. The van der Waals surface area contributed by atoms with E-state index in [2.05, 4.69) is 24.1 Å². The highest BCUT2D eigenvalue weighted by Gasteiger charge is 2.23. The molecule has 0 spiro atoms. The van der Waals surface area contributed by atoms with Crippen LogP contribution < -0.4 is 10.5 Å². The molecule has 0 saturated carbocycles. The van der Waals surface area contributed by atoms with E-state index in [9.17, 15) is 18.5 Å². The molecule has 10 heteroatoms. The molecule has 0 aromatic heterocycles. The first-order valence-corrected chi connectivity index (χ1v) is 9.60. The summed E-state index contributed by atoms with van der Waals surface area (Å²) < 4.78 is 28.4. The maximum Gasteiger partial charge on any atom is 0.293 e. The maximum absolute atomic E-state index is 11.4. The highest BCUT2D eigenvalue weighted by Crippen LogP contribution is 2.27. The van der Waals surface area contributed by atoms with Crippen LogP contribution in [0.2, 0.25) is 0 Å². The molecule has 1 aliphatic rings. The molecule has 25 heavy (non-hydrogen) atoms. The normalized spacial score (nSPS) is 19.1. The summed E-state index contributed by atoms with van der Waals surface area (Å²) in [5.41, 5.74) is -0.0941. The third kappa shape index (κ3) is 5.63. The van der Waals surface area contributed by atoms with Crippen molar-refractivity contribution in [3.63, 3.8) is 0 Å². The first-order chi connectivity index (χ1) is 11.7. The summed E-state index contributed by atoms with van der Waals surface area (Å²) in [5.74, 6) is 0.554. The predicted octanol–water partition coefficient (Wildman–Crippen LogP) is 1.01. The number of nitrogens with one attached hydrogen (secondary N) is 1.